The molecule has 1 saturated heterocycles. The lowest BCUT2D eigenvalue weighted by Crippen LogP contribution is -2.48. The number of rotatable bonds is 2. The van der Waals surface area contributed by atoms with Crippen molar-refractivity contribution in [2.75, 3.05) is 31.1 Å². The van der Waals surface area contributed by atoms with Crippen molar-refractivity contribution in [3.63, 3.8) is 0 Å². The minimum atomic E-state index is 0.153. The van der Waals surface area contributed by atoms with Crippen molar-refractivity contribution in [3.8, 4) is 10.4 Å². The van der Waals surface area contributed by atoms with Crippen LogP contribution in [0.1, 0.15) is 20.8 Å². The van der Waals surface area contributed by atoms with Gasteiger partial charge in [-0.1, -0.05) is 35.9 Å². The number of aryl methyl sites for hydroxylation is 2. The van der Waals surface area contributed by atoms with Crippen molar-refractivity contribution < 1.29 is 4.79 Å². The maximum atomic E-state index is 13.1. The second-order valence-electron chi connectivity index (χ2n) is 7.24. The molecule has 1 aliphatic heterocycles. The van der Waals surface area contributed by atoms with Crippen LogP contribution < -0.4 is 4.90 Å². The van der Waals surface area contributed by atoms with E-state index in [0.717, 1.165) is 36.6 Å². The van der Waals surface area contributed by atoms with Crippen LogP contribution in [0.4, 0.5) is 5.82 Å². The quantitative estimate of drug-likeness (QED) is 0.624. The van der Waals surface area contributed by atoms with Gasteiger partial charge in [0.1, 0.15) is 5.82 Å². The van der Waals surface area contributed by atoms with E-state index in [1.807, 2.05) is 17.0 Å². The number of hydrogen-bond donors (Lipinski definition) is 0. The topological polar surface area (TPSA) is 36.4 Å². The Balaban J connectivity index is 1.31. The molecule has 0 radical (unpaired) electrons. The highest BCUT2D eigenvalue weighted by Gasteiger charge is 2.26. The molecule has 6 heteroatoms. The van der Waals surface area contributed by atoms with Gasteiger partial charge in [0.2, 0.25) is 0 Å². The Bertz CT molecular complexity index is 1020. The lowest BCUT2D eigenvalue weighted by atomic mass is 9.91. The largest absolute Gasteiger partial charge is 0.353 e. The number of carbonyl (C=O) groups excluding carboxylic acids is 1. The highest BCUT2D eigenvalue weighted by atomic mass is 35.5. The first kappa shape index (κ1) is 17.7. The Morgan fingerprint density at radius 2 is 1.79 bits per heavy atom. The Labute approximate surface area is 173 Å². The van der Waals surface area contributed by atoms with E-state index >= 15 is 0 Å². The Morgan fingerprint density at radius 3 is 2.57 bits per heavy atom. The summed E-state index contributed by atoms with van der Waals surface area (Å²) in [6.07, 6.45) is 3.74. The molecule has 0 bridgehead atoms. The van der Waals surface area contributed by atoms with Crippen molar-refractivity contribution >= 4 is 34.7 Å². The third-order valence-corrected chi connectivity index (χ3v) is 6.97. The average molecular weight is 410 g/mol. The van der Waals surface area contributed by atoms with Crippen LogP contribution >= 0.6 is 22.9 Å². The molecule has 2 aliphatic rings. The maximum Gasteiger partial charge on any atom is 0.264 e. The highest BCUT2D eigenvalue weighted by molar-refractivity contribution is 7.17. The van der Waals surface area contributed by atoms with Gasteiger partial charge in [-0.25, -0.2) is 4.98 Å². The van der Waals surface area contributed by atoms with Crippen LogP contribution in [0.3, 0.4) is 0 Å². The van der Waals surface area contributed by atoms with Gasteiger partial charge in [0.25, 0.3) is 5.91 Å². The number of benzene rings is 1. The van der Waals surface area contributed by atoms with Gasteiger partial charge in [-0.3, -0.25) is 4.79 Å². The van der Waals surface area contributed by atoms with E-state index in [0.29, 0.717) is 18.1 Å². The molecule has 1 fully saturated rings. The van der Waals surface area contributed by atoms with Crippen LogP contribution in [-0.4, -0.2) is 42.0 Å². The molecule has 5 rings (SSSR count). The van der Waals surface area contributed by atoms with Crippen LogP contribution in [0.2, 0.25) is 5.02 Å². The summed E-state index contributed by atoms with van der Waals surface area (Å²) < 4.78 is 0. The molecule has 2 aromatic heterocycles. The lowest BCUT2D eigenvalue weighted by Gasteiger charge is -2.35. The Hall–Kier alpha value is -2.37. The summed E-state index contributed by atoms with van der Waals surface area (Å²) in [5.41, 5.74) is 4.00. The molecule has 1 amide bonds. The van der Waals surface area contributed by atoms with Crippen molar-refractivity contribution in [2.45, 2.75) is 12.8 Å². The number of piperazine rings is 1. The number of anilines is 1. The Morgan fingerprint density at radius 1 is 1.00 bits per heavy atom. The van der Waals surface area contributed by atoms with Crippen molar-refractivity contribution in [1.82, 2.24) is 9.88 Å². The van der Waals surface area contributed by atoms with Gasteiger partial charge in [0.15, 0.2) is 0 Å². The summed E-state index contributed by atoms with van der Waals surface area (Å²) in [6, 6.07) is 14.5. The second-order valence-corrected chi connectivity index (χ2v) is 8.72. The van der Waals surface area contributed by atoms with E-state index < -0.39 is 0 Å². The van der Waals surface area contributed by atoms with Crippen molar-refractivity contribution in [2.24, 2.45) is 0 Å². The predicted molar refractivity (Wildman–Crippen MR) is 115 cm³/mol. The van der Waals surface area contributed by atoms with Gasteiger partial charge in [0.05, 0.1) is 9.90 Å². The SMILES string of the molecule is O=C(c1cc2c(s1)-c1ccccc1CC2)N1CCN(c2ccc(Cl)cn2)CC1. The fraction of sp³-hybridized carbons (Fsp3) is 0.273. The van der Waals surface area contributed by atoms with Crippen LogP contribution in [0.15, 0.2) is 48.7 Å². The van der Waals surface area contributed by atoms with Crippen molar-refractivity contribution in [3.05, 3.63) is 69.7 Å². The summed E-state index contributed by atoms with van der Waals surface area (Å²) >= 11 is 7.57. The van der Waals surface area contributed by atoms with Gasteiger partial charge in [-0.2, -0.15) is 0 Å². The number of aromatic nitrogens is 1. The summed E-state index contributed by atoms with van der Waals surface area (Å²) in [5.74, 6) is 1.07. The van der Waals surface area contributed by atoms with Gasteiger partial charge >= 0.3 is 0 Å². The van der Waals surface area contributed by atoms with Crippen LogP contribution in [0, 0.1) is 0 Å². The standard InChI is InChI=1S/C22H20ClN3OS/c23-17-7-8-20(24-14-17)25-9-11-26(12-10-25)22(27)19-13-16-6-5-15-3-1-2-4-18(15)21(16)28-19/h1-4,7-8,13-14H,5-6,9-12H2. The zero-order valence-corrected chi connectivity index (χ0v) is 17.0. The fourth-order valence-corrected chi connectivity index (χ4v) is 5.38. The molecule has 0 saturated carbocycles. The van der Waals surface area contributed by atoms with Crippen LogP contribution in [0.5, 0.6) is 0 Å². The molecular formula is C22H20ClN3OS. The molecule has 3 aromatic rings. The number of carbonyl (C=O) groups is 1. The lowest BCUT2D eigenvalue weighted by molar-refractivity contribution is 0.0751. The minimum absolute atomic E-state index is 0.153. The number of thiophene rings is 1. The third-order valence-electron chi connectivity index (χ3n) is 5.55. The molecule has 1 aliphatic carbocycles. The normalized spacial score (nSPS) is 15.9. The highest BCUT2D eigenvalue weighted by Crippen LogP contribution is 2.39. The number of amides is 1. The predicted octanol–water partition coefficient (Wildman–Crippen LogP) is 4.52. The van der Waals surface area contributed by atoms with E-state index in [4.69, 9.17) is 11.6 Å². The number of nitrogens with zero attached hydrogens (tertiary/aromatic N) is 3. The van der Waals surface area contributed by atoms with Crippen LogP contribution in [0.25, 0.3) is 10.4 Å². The van der Waals surface area contributed by atoms with Gasteiger partial charge < -0.3 is 9.80 Å². The van der Waals surface area contributed by atoms with E-state index in [-0.39, 0.29) is 5.91 Å². The first-order valence-electron chi connectivity index (χ1n) is 9.56. The van der Waals surface area contributed by atoms with Gasteiger partial charge in [-0.05, 0) is 47.7 Å². The monoisotopic (exact) mass is 409 g/mol. The van der Waals surface area contributed by atoms with E-state index in [1.54, 1.807) is 17.5 Å². The van der Waals surface area contributed by atoms with E-state index in [1.165, 1.54) is 21.6 Å². The smallest absolute Gasteiger partial charge is 0.264 e. The third kappa shape index (κ3) is 3.19. The summed E-state index contributed by atoms with van der Waals surface area (Å²) in [4.78, 5) is 23.8. The maximum absolute atomic E-state index is 13.1. The second kappa shape index (κ2) is 7.22. The number of halogens is 1. The average Bonchev–Trinajstić information content (AvgIpc) is 3.19. The van der Waals surface area contributed by atoms with E-state index in [2.05, 4.69) is 40.2 Å². The Kier molecular flexibility index (Phi) is 4.57. The first-order valence-corrected chi connectivity index (χ1v) is 10.8. The molecule has 0 atom stereocenters. The van der Waals surface area contributed by atoms with E-state index in [9.17, 15) is 4.79 Å². The molecule has 4 nitrogen and oxygen atoms in total. The molecule has 142 valence electrons. The minimum Gasteiger partial charge on any atom is -0.353 e. The zero-order valence-electron chi connectivity index (χ0n) is 15.4. The molecular weight excluding hydrogens is 390 g/mol. The fourth-order valence-electron chi connectivity index (χ4n) is 4.03. The number of hydrogen-bond acceptors (Lipinski definition) is 4. The first-order chi connectivity index (χ1) is 13.7. The summed E-state index contributed by atoms with van der Waals surface area (Å²) in [7, 11) is 0. The summed E-state index contributed by atoms with van der Waals surface area (Å²) in [5, 5.41) is 0.640. The van der Waals surface area contributed by atoms with Gasteiger partial charge in [0, 0.05) is 37.3 Å². The van der Waals surface area contributed by atoms with Gasteiger partial charge in [-0.15, -0.1) is 11.3 Å². The molecule has 3 heterocycles. The molecule has 0 spiro atoms. The molecule has 0 unspecified atom stereocenters. The van der Waals surface area contributed by atoms with Crippen LogP contribution in [-0.2, 0) is 12.8 Å². The zero-order chi connectivity index (χ0) is 19.1. The number of pyridine rings is 1. The molecule has 0 N–H and O–H groups in total. The number of fused-ring (bicyclic) bond motifs is 3. The summed E-state index contributed by atoms with van der Waals surface area (Å²) in [6.45, 7) is 2.99. The molecule has 1 aromatic carbocycles. The van der Waals surface area contributed by atoms with Crippen molar-refractivity contribution in [1.29, 1.82) is 0 Å². The molecule has 28 heavy (non-hydrogen) atoms.